The molecule has 1 heterocycles. The highest BCUT2D eigenvalue weighted by Gasteiger charge is 2.47. The van der Waals surface area contributed by atoms with Gasteiger partial charge in [-0.25, -0.2) is 0 Å². The molecule has 1 rings (SSSR count). The number of aliphatic hydroxyl groups excluding tert-OH is 1. The summed E-state index contributed by atoms with van der Waals surface area (Å²) in [5.41, 5.74) is 0. The second kappa shape index (κ2) is 6.33. The van der Waals surface area contributed by atoms with Gasteiger partial charge in [0, 0.05) is 26.6 Å². The van der Waals surface area contributed by atoms with Gasteiger partial charge in [-0.05, 0) is 19.4 Å². The van der Waals surface area contributed by atoms with Crippen molar-refractivity contribution < 1.29 is 14.6 Å². The average Bonchev–Trinajstić information content (AvgIpc) is 3.05. The third-order valence-electron chi connectivity index (χ3n) is 2.99. The van der Waals surface area contributed by atoms with E-state index in [1.54, 1.807) is 11.8 Å². The van der Waals surface area contributed by atoms with Crippen LogP contribution in [0.4, 0.5) is 0 Å². The largest absolute Gasteiger partial charge is 0.396 e. The van der Waals surface area contributed by atoms with Crippen LogP contribution in [0.15, 0.2) is 0 Å². The van der Waals surface area contributed by atoms with E-state index in [0.717, 1.165) is 13.0 Å². The van der Waals surface area contributed by atoms with Crippen molar-refractivity contribution >= 4 is 5.91 Å². The lowest BCUT2D eigenvalue weighted by molar-refractivity contribution is -0.131. The molecule has 0 spiro atoms. The molecule has 0 aromatic carbocycles. The lowest BCUT2D eigenvalue weighted by Gasteiger charge is -2.23. The summed E-state index contributed by atoms with van der Waals surface area (Å²) in [6.45, 7) is 7.18. The number of epoxide rings is 1. The van der Waals surface area contributed by atoms with Crippen molar-refractivity contribution in [1.29, 1.82) is 0 Å². The number of nitrogens with zero attached hydrogens (tertiary/aromatic N) is 2. The Morgan fingerprint density at radius 1 is 1.47 bits per heavy atom. The predicted octanol–water partition coefficient (Wildman–Crippen LogP) is 0.488. The molecule has 5 nitrogen and oxygen atoms in total. The highest BCUT2D eigenvalue weighted by Crippen LogP contribution is 2.29. The molecule has 5 heteroatoms. The van der Waals surface area contributed by atoms with E-state index >= 15 is 0 Å². The van der Waals surface area contributed by atoms with Crippen molar-refractivity contribution in [3.63, 3.8) is 0 Å². The van der Waals surface area contributed by atoms with Crippen LogP contribution in [0, 0.1) is 5.92 Å². The maximum Gasteiger partial charge on any atom is 0.221 e. The van der Waals surface area contributed by atoms with E-state index in [1.807, 2.05) is 14.0 Å². The third kappa shape index (κ3) is 3.94. The van der Waals surface area contributed by atoms with Crippen LogP contribution in [-0.2, 0) is 9.53 Å². The second-order valence-electron chi connectivity index (χ2n) is 4.86. The molecule has 0 bridgehead atoms. The molecule has 100 valence electrons. The van der Waals surface area contributed by atoms with Gasteiger partial charge in [-0.3, -0.25) is 9.69 Å². The maximum absolute atomic E-state index is 11.5. The van der Waals surface area contributed by atoms with Crippen LogP contribution in [-0.4, -0.2) is 60.0 Å². The first-order chi connectivity index (χ1) is 8.01. The summed E-state index contributed by atoms with van der Waals surface area (Å²) in [5.74, 6) is 0.0860. The quantitative estimate of drug-likeness (QED) is 0.662. The molecular formula is C12H24N2O3. The molecule has 1 amide bonds. The molecule has 0 radical (unpaired) electrons. The normalized spacial score (nSPS) is 24.8. The predicted molar refractivity (Wildman–Crippen MR) is 65.2 cm³/mol. The summed E-state index contributed by atoms with van der Waals surface area (Å²) in [4.78, 5) is 15.4. The number of carbonyl (C=O) groups excluding carboxylic acids is 1. The Bertz CT molecular complexity index is 260. The van der Waals surface area contributed by atoms with Crippen LogP contribution in [0.2, 0.25) is 0 Å². The monoisotopic (exact) mass is 244 g/mol. The number of ether oxygens (including phenoxy) is 1. The van der Waals surface area contributed by atoms with Gasteiger partial charge in [0.15, 0.2) is 12.5 Å². The molecule has 0 aromatic heterocycles. The van der Waals surface area contributed by atoms with Crippen LogP contribution in [0.1, 0.15) is 27.2 Å². The number of hydrogen-bond donors (Lipinski definition) is 1. The van der Waals surface area contributed by atoms with E-state index in [9.17, 15) is 4.79 Å². The molecule has 3 atom stereocenters. The number of likely N-dealkylation sites (N-methyl/N-ethyl adjacent to an activating group) is 1. The molecule has 0 aliphatic carbocycles. The fourth-order valence-corrected chi connectivity index (χ4v) is 1.93. The lowest BCUT2D eigenvalue weighted by atomic mass is 10.2. The zero-order valence-corrected chi connectivity index (χ0v) is 11.2. The van der Waals surface area contributed by atoms with Crippen LogP contribution in [0.25, 0.3) is 0 Å². The van der Waals surface area contributed by atoms with E-state index in [2.05, 4.69) is 11.8 Å². The van der Waals surface area contributed by atoms with Gasteiger partial charge < -0.3 is 14.7 Å². The first-order valence-corrected chi connectivity index (χ1v) is 6.25. The van der Waals surface area contributed by atoms with Crippen LogP contribution in [0.3, 0.4) is 0 Å². The minimum atomic E-state index is -0.141. The van der Waals surface area contributed by atoms with E-state index in [1.165, 1.54) is 0 Å². The van der Waals surface area contributed by atoms with Crippen molar-refractivity contribution in [3.8, 4) is 0 Å². The highest BCUT2D eigenvalue weighted by atomic mass is 16.6. The SMILES string of the molecule is CCCN(C)[C@H]1O[C@@H]1N(C[C@H](C)CO)C(C)=O. The first-order valence-electron chi connectivity index (χ1n) is 6.25. The molecular weight excluding hydrogens is 220 g/mol. The number of aliphatic hydroxyl groups is 1. The van der Waals surface area contributed by atoms with Gasteiger partial charge in [-0.1, -0.05) is 13.8 Å². The Morgan fingerprint density at radius 2 is 2.12 bits per heavy atom. The van der Waals surface area contributed by atoms with E-state index in [0.29, 0.717) is 6.54 Å². The fraction of sp³-hybridized carbons (Fsp3) is 0.917. The first kappa shape index (κ1) is 14.4. The molecule has 0 aromatic rings. The Hall–Kier alpha value is -0.650. The average molecular weight is 244 g/mol. The van der Waals surface area contributed by atoms with Gasteiger partial charge in [0.25, 0.3) is 0 Å². The number of amides is 1. The topological polar surface area (TPSA) is 56.3 Å². The van der Waals surface area contributed by atoms with Crippen molar-refractivity contribution in [2.45, 2.75) is 39.6 Å². The lowest BCUT2D eigenvalue weighted by Crippen LogP contribution is -2.39. The molecule has 0 unspecified atom stereocenters. The van der Waals surface area contributed by atoms with E-state index in [4.69, 9.17) is 9.84 Å². The molecule has 1 N–H and O–H groups in total. The van der Waals surface area contributed by atoms with Gasteiger partial charge in [0.1, 0.15) is 0 Å². The molecule has 1 aliphatic rings. The van der Waals surface area contributed by atoms with Crippen LogP contribution < -0.4 is 0 Å². The van der Waals surface area contributed by atoms with Crippen molar-refractivity contribution in [3.05, 3.63) is 0 Å². The summed E-state index contributed by atoms with van der Waals surface area (Å²) in [6, 6.07) is 0. The molecule has 1 fully saturated rings. The Balaban J connectivity index is 2.49. The Kier molecular flexibility index (Phi) is 5.36. The van der Waals surface area contributed by atoms with Gasteiger partial charge in [-0.15, -0.1) is 0 Å². The number of rotatable bonds is 7. The second-order valence-corrected chi connectivity index (χ2v) is 4.86. The summed E-state index contributed by atoms with van der Waals surface area (Å²) in [7, 11) is 2.00. The standard InChI is InChI=1S/C12H24N2O3/c1-5-6-13(4)11-12(17-11)14(10(3)16)7-9(2)8-15/h9,11-12,15H,5-8H2,1-4H3/t9-,11-,12-/m0/s1. The van der Waals surface area contributed by atoms with Crippen LogP contribution in [0.5, 0.6) is 0 Å². The minimum absolute atomic E-state index is 0.00250. The van der Waals surface area contributed by atoms with E-state index < -0.39 is 0 Å². The summed E-state index contributed by atoms with van der Waals surface area (Å²) in [6.07, 6.45) is 0.943. The molecule has 1 saturated heterocycles. The molecule has 17 heavy (non-hydrogen) atoms. The van der Waals surface area contributed by atoms with Crippen molar-refractivity contribution in [1.82, 2.24) is 9.80 Å². The van der Waals surface area contributed by atoms with E-state index in [-0.39, 0.29) is 30.9 Å². The highest BCUT2D eigenvalue weighted by molar-refractivity contribution is 5.73. The van der Waals surface area contributed by atoms with Crippen molar-refractivity contribution in [2.75, 3.05) is 26.7 Å². The van der Waals surface area contributed by atoms with Gasteiger partial charge in [-0.2, -0.15) is 0 Å². The smallest absolute Gasteiger partial charge is 0.221 e. The van der Waals surface area contributed by atoms with Crippen molar-refractivity contribution in [2.24, 2.45) is 5.92 Å². The minimum Gasteiger partial charge on any atom is -0.396 e. The van der Waals surface area contributed by atoms with Gasteiger partial charge >= 0.3 is 0 Å². The van der Waals surface area contributed by atoms with Gasteiger partial charge in [0.2, 0.25) is 5.91 Å². The number of hydrogen-bond acceptors (Lipinski definition) is 4. The fourth-order valence-electron chi connectivity index (χ4n) is 1.93. The number of carbonyl (C=O) groups is 1. The third-order valence-corrected chi connectivity index (χ3v) is 2.99. The molecule has 0 saturated carbocycles. The maximum atomic E-state index is 11.5. The summed E-state index contributed by atoms with van der Waals surface area (Å²) in [5, 5.41) is 9.04. The summed E-state index contributed by atoms with van der Waals surface area (Å²) >= 11 is 0. The Labute approximate surface area is 103 Å². The summed E-state index contributed by atoms with van der Waals surface area (Å²) < 4.78 is 5.55. The van der Waals surface area contributed by atoms with Crippen LogP contribution >= 0.6 is 0 Å². The van der Waals surface area contributed by atoms with Gasteiger partial charge in [0.05, 0.1) is 0 Å². The zero-order valence-electron chi connectivity index (χ0n) is 11.2. The Morgan fingerprint density at radius 3 is 2.59 bits per heavy atom. The zero-order chi connectivity index (χ0) is 13.0. The molecule has 1 aliphatic heterocycles.